The molecule has 1 aliphatic heterocycles. The van der Waals surface area contributed by atoms with Crippen LogP contribution in [0.25, 0.3) is 0 Å². The molecule has 1 atom stereocenters. The number of nitrogens with zero attached hydrogens (tertiary/aromatic N) is 1. The molecule has 1 fully saturated rings. The summed E-state index contributed by atoms with van der Waals surface area (Å²) in [5.74, 6) is -0.0761. The number of carbonyl (C=O) groups is 2. The number of amides is 3. The van der Waals surface area contributed by atoms with Gasteiger partial charge in [0.15, 0.2) is 0 Å². The van der Waals surface area contributed by atoms with E-state index in [9.17, 15) is 9.59 Å². The van der Waals surface area contributed by atoms with Gasteiger partial charge in [-0.05, 0) is 24.6 Å². The number of benzene rings is 1. The van der Waals surface area contributed by atoms with Crippen molar-refractivity contribution in [1.82, 2.24) is 15.5 Å². The summed E-state index contributed by atoms with van der Waals surface area (Å²) >= 11 is 0. The van der Waals surface area contributed by atoms with Gasteiger partial charge in [-0.2, -0.15) is 0 Å². The van der Waals surface area contributed by atoms with Gasteiger partial charge in [0.2, 0.25) is 5.91 Å². The molecule has 1 aromatic rings. The van der Waals surface area contributed by atoms with Crippen molar-refractivity contribution in [2.75, 3.05) is 31.5 Å². The SMILES string of the molecule is CC(=O)Nc1cccc(C(C)NCCN2CCNC2=O)c1. The molecular formula is C15H22N4O2. The van der Waals surface area contributed by atoms with Crippen LogP contribution < -0.4 is 16.0 Å². The standard InChI is InChI=1S/C15H22N4O2/c1-11(16-6-8-19-9-7-17-15(19)21)13-4-3-5-14(10-13)18-12(2)20/h3-5,10-11,16H,6-9H2,1-2H3,(H,17,21)(H,18,20). The summed E-state index contributed by atoms with van der Waals surface area (Å²) in [5.41, 5.74) is 1.90. The zero-order valence-corrected chi connectivity index (χ0v) is 12.5. The molecule has 0 radical (unpaired) electrons. The fourth-order valence-electron chi connectivity index (χ4n) is 2.35. The van der Waals surface area contributed by atoms with Crippen molar-refractivity contribution in [2.24, 2.45) is 0 Å². The van der Waals surface area contributed by atoms with E-state index in [1.807, 2.05) is 24.3 Å². The first-order chi connectivity index (χ1) is 10.1. The molecule has 0 aliphatic carbocycles. The molecule has 0 saturated carbocycles. The minimum Gasteiger partial charge on any atom is -0.336 e. The Labute approximate surface area is 124 Å². The van der Waals surface area contributed by atoms with E-state index in [-0.39, 0.29) is 18.0 Å². The Balaban J connectivity index is 1.83. The van der Waals surface area contributed by atoms with Crippen LogP contribution in [-0.4, -0.2) is 43.0 Å². The molecule has 6 nitrogen and oxygen atoms in total. The molecule has 1 aromatic carbocycles. The van der Waals surface area contributed by atoms with E-state index in [1.54, 1.807) is 4.90 Å². The molecule has 6 heteroatoms. The maximum atomic E-state index is 11.4. The van der Waals surface area contributed by atoms with Crippen LogP contribution >= 0.6 is 0 Å². The van der Waals surface area contributed by atoms with Crippen LogP contribution in [0.4, 0.5) is 10.5 Å². The normalized spacial score (nSPS) is 15.7. The summed E-state index contributed by atoms with van der Waals surface area (Å²) < 4.78 is 0. The monoisotopic (exact) mass is 290 g/mol. The van der Waals surface area contributed by atoms with E-state index < -0.39 is 0 Å². The van der Waals surface area contributed by atoms with Gasteiger partial charge in [-0.1, -0.05) is 12.1 Å². The van der Waals surface area contributed by atoms with Gasteiger partial charge in [-0.3, -0.25) is 4.79 Å². The molecule has 1 saturated heterocycles. The van der Waals surface area contributed by atoms with Gasteiger partial charge in [0.25, 0.3) is 0 Å². The molecule has 0 aromatic heterocycles. The van der Waals surface area contributed by atoms with E-state index in [2.05, 4.69) is 22.9 Å². The average Bonchev–Trinajstić information content (AvgIpc) is 2.84. The molecule has 1 unspecified atom stereocenters. The lowest BCUT2D eigenvalue weighted by Crippen LogP contribution is -2.35. The molecule has 114 valence electrons. The third-order valence-electron chi connectivity index (χ3n) is 3.48. The van der Waals surface area contributed by atoms with Crippen molar-refractivity contribution in [3.8, 4) is 0 Å². The molecular weight excluding hydrogens is 268 g/mol. The number of urea groups is 1. The number of anilines is 1. The number of hydrogen-bond donors (Lipinski definition) is 3. The van der Waals surface area contributed by atoms with Crippen LogP contribution in [0, 0.1) is 0 Å². The zero-order chi connectivity index (χ0) is 15.2. The summed E-state index contributed by atoms with van der Waals surface area (Å²) in [6.07, 6.45) is 0. The number of rotatable bonds is 6. The van der Waals surface area contributed by atoms with E-state index in [1.165, 1.54) is 6.92 Å². The fraction of sp³-hybridized carbons (Fsp3) is 0.467. The molecule has 0 bridgehead atoms. The molecule has 1 aliphatic rings. The quantitative estimate of drug-likeness (QED) is 0.740. The third kappa shape index (κ3) is 4.46. The van der Waals surface area contributed by atoms with E-state index in [0.29, 0.717) is 6.54 Å². The Morgan fingerprint density at radius 3 is 2.95 bits per heavy atom. The largest absolute Gasteiger partial charge is 0.336 e. The lowest BCUT2D eigenvalue weighted by Gasteiger charge is -2.18. The summed E-state index contributed by atoms with van der Waals surface area (Å²) in [5, 5.41) is 8.96. The van der Waals surface area contributed by atoms with Gasteiger partial charge in [0, 0.05) is 44.8 Å². The van der Waals surface area contributed by atoms with Gasteiger partial charge < -0.3 is 20.9 Å². The smallest absolute Gasteiger partial charge is 0.317 e. The van der Waals surface area contributed by atoms with Crippen molar-refractivity contribution in [1.29, 1.82) is 0 Å². The second-order valence-electron chi connectivity index (χ2n) is 5.20. The highest BCUT2D eigenvalue weighted by Crippen LogP contribution is 2.17. The highest BCUT2D eigenvalue weighted by Gasteiger charge is 2.18. The first kappa shape index (κ1) is 15.3. The van der Waals surface area contributed by atoms with Gasteiger partial charge >= 0.3 is 6.03 Å². The Kier molecular flexibility index (Phi) is 5.16. The van der Waals surface area contributed by atoms with E-state index >= 15 is 0 Å². The maximum absolute atomic E-state index is 11.4. The fourth-order valence-corrected chi connectivity index (χ4v) is 2.35. The van der Waals surface area contributed by atoms with Crippen molar-refractivity contribution in [3.05, 3.63) is 29.8 Å². The Bertz CT molecular complexity index is 518. The minimum absolute atomic E-state index is 0.0112. The van der Waals surface area contributed by atoms with Crippen molar-refractivity contribution in [2.45, 2.75) is 19.9 Å². The first-order valence-corrected chi connectivity index (χ1v) is 7.20. The van der Waals surface area contributed by atoms with Crippen LogP contribution in [0.15, 0.2) is 24.3 Å². The third-order valence-corrected chi connectivity index (χ3v) is 3.48. The van der Waals surface area contributed by atoms with E-state index in [0.717, 1.165) is 30.9 Å². The molecule has 1 heterocycles. The van der Waals surface area contributed by atoms with Crippen LogP contribution in [0.1, 0.15) is 25.5 Å². The lowest BCUT2D eigenvalue weighted by atomic mass is 10.1. The zero-order valence-electron chi connectivity index (χ0n) is 12.5. The molecule has 3 N–H and O–H groups in total. The second kappa shape index (κ2) is 7.08. The molecule has 2 rings (SSSR count). The Morgan fingerprint density at radius 2 is 2.29 bits per heavy atom. The topological polar surface area (TPSA) is 73.5 Å². The van der Waals surface area contributed by atoms with Crippen LogP contribution in [0.2, 0.25) is 0 Å². The van der Waals surface area contributed by atoms with E-state index in [4.69, 9.17) is 0 Å². The van der Waals surface area contributed by atoms with Gasteiger partial charge in [-0.25, -0.2) is 4.79 Å². The lowest BCUT2D eigenvalue weighted by molar-refractivity contribution is -0.114. The van der Waals surface area contributed by atoms with Crippen molar-refractivity contribution >= 4 is 17.6 Å². The molecule has 3 amide bonds. The van der Waals surface area contributed by atoms with Crippen LogP contribution in [0.3, 0.4) is 0 Å². The number of carbonyl (C=O) groups excluding carboxylic acids is 2. The van der Waals surface area contributed by atoms with Crippen molar-refractivity contribution < 1.29 is 9.59 Å². The summed E-state index contributed by atoms with van der Waals surface area (Å²) in [6.45, 7) is 6.49. The predicted molar refractivity (Wildman–Crippen MR) is 82.1 cm³/mol. The van der Waals surface area contributed by atoms with Crippen LogP contribution in [0.5, 0.6) is 0 Å². The Hall–Kier alpha value is -2.08. The molecule has 0 spiro atoms. The number of nitrogens with one attached hydrogen (secondary N) is 3. The highest BCUT2D eigenvalue weighted by molar-refractivity contribution is 5.88. The predicted octanol–water partition coefficient (Wildman–Crippen LogP) is 1.32. The summed E-state index contributed by atoms with van der Waals surface area (Å²) in [7, 11) is 0. The van der Waals surface area contributed by atoms with Crippen LogP contribution in [-0.2, 0) is 4.79 Å². The summed E-state index contributed by atoms with van der Waals surface area (Å²) in [6, 6.07) is 7.94. The summed E-state index contributed by atoms with van der Waals surface area (Å²) in [4.78, 5) is 24.3. The minimum atomic E-state index is -0.0761. The Morgan fingerprint density at radius 1 is 1.48 bits per heavy atom. The average molecular weight is 290 g/mol. The van der Waals surface area contributed by atoms with Gasteiger partial charge in [0.05, 0.1) is 0 Å². The van der Waals surface area contributed by atoms with Gasteiger partial charge in [-0.15, -0.1) is 0 Å². The maximum Gasteiger partial charge on any atom is 0.317 e. The first-order valence-electron chi connectivity index (χ1n) is 7.20. The molecule has 21 heavy (non-hydrogen) atoms. The van der Waals surface area contributed by atoms with Crippen molar-refractivity contribution in [3.63, 3.8) is 0 Å². The highest BCUT2D eigenvalue weighted by atomic mass is 16.2. The van der Waals surface area contributed by atoms with Gasteiger partial charge in [0.1, 0.15) is 0 Å². The number of hydrogen-bond acceptors (Lipinski definition) is 3. The second-order valence-corrected chi connectivity index (χ2v) is 5.20.